The molecule has 0 aliphatic heterocycles. The first kappa shape index (κ1) is 20.0. The van der Waals surface area contributed by atoms with E-state index < -0.39 is 5.97 Å². The lowest BCUT2D eigenvalue weighted by atomic mass is 10.1. The van der Waals surface area contributed by atoms with Crippen LogP contribution in [0.15, 0.2) is 40.7 Å². The Hall–Kier alpha value is -2.71. The van der Waals surface area contributed by atoms with Crippen molar-refractivity contribution in [2.24, 2.45) is 0 Å². The highest BCUT2D eigenvalue weighted by Crippen LogP contribution is 2.28. The number of rotatable bonds is 5. The van der Waals surface area contributed by atoms with Crippen molar-refractivity contribution < 1.29 is 14.3 Å². The Morgan fingerprint density at radius 1 is 1.14 bits per heavy atom. The Kier molecular flexibility index (Phi) is 6.11. The highest BCUT2D eigenvalue weighted by Gasteiger charge is 2.21. The lowest BCUT2D eigenvalue weighted by Gasteiger charge is -2.14. The van der Waals surface area contributed by atoms with Crippen LogP contribution in [0, 0.1) is 13.8 Å². The number of nitrogens with zero attached hydrogens (tertiary/aromatic N) is 2. The number of thiophene rings is 1. The lowest BCUT2D eigenvalue weighted by molar-refractivity contribution is 0.0599. The van der Waals surface area contributed by atoms with Gasteiger partial charge in [0.05, 0.1) is 28.8 Å². The highest BCUT2D eigenvalue weighted by atomic mass is 32.2. The zero-order valence-corrected chi connectivity index (χ0v) is 17.5. The summed E-state index contributed by atoms with van der Waals surface area (Å²) in [6.45, 7) is 3.56. The fraction of sp³-hybridized carbons (Fsp3) is 0.200. The predicted molar refractivity (Wildman–Crippen MR) is 112 cm³/mol. The summed E-state index contributed by atoms with van der Waals surface area (Å²) >= 11 is 2.94. The highest BCUT2D eigenvalue weighted by molar-refractivity contribution is 7.98. The van der Waals surface area contributed by atoms with Crippen molar-refractivity contribution in [1.29, 1.82) is 0 Å². The smallest absolute Gasteiger partial charge is 0.338 e. The Labute approximate surface area is 171 Å². The van der Waals surface area contributed by atoms with Crippen LogP contribution in [0.25, 0.3) is 10.7 Å². The quantitative estimate of drug-likeness (QED) is 0.374. The minimum absolute atomic E-state index is 0.315. The van der Waals surface area contributed by atoms with Crippen LogP contribution in [0.5, 0.6) is 0 Å². The van der Waals surface area contributed by atoms with E-state index in [1.807, 2.05) is 23.8 Å². The molecule has 8 heteroatoms. The van der Waals surface area contributed by atoms with Gasteiger partial charge in [0.2, 0.25) is 0 Å². The van der Waals surface area contributed by atoms with Gasteiger partial charge in [-0.15, -0.1) is 23.1 Å². The van der Waals surface area contributed by atoms with Gasteiger partial charge in [-0.1, -0.05) is 12.1 Å². The maximum atomic E-state index is 13.0. The Balaban J connectivity index is 1.96. The summed E-state index contributed by atoms with van der Waals surface area (Å²) in [4.78, 5) is 34.9. The molecule has 2 aromatic heterocycles. The molecule has 144 valence electrons. The zero-order valence-electron chi connectivity index (χ0n) is 15.9. The molecule has 0 radical (unpaired) electrons. The minimum Gasteiger partial charge on any atom is -0.465 e. The summed E-state index contributed by atoms with van der Waals surface area (Å²) in [7, 11) is 1.33. The van der Waals surface area contributed by atoms with Crippen molar-refractivity contribution >= 4 is 40.7 Å². The largest absolute Gasteiger partial charge is 0.465 e. The monoisotopic (exact) mass is 413 g/mol. The van der Waals surface area contributed by atoms with Gasteiger partial charge < -0.3 is 10.1 Å². The van der Waals surface area contributed by atoms with Crippen LogP contribution in [-0.4, -0.2) is 35.2 Å². The van der Waals surface area contributed by atoms with E-state index in [-0.39, 0.29) is 5.91 Å². The van der Waals surface area contributed by atoms with Crippen LogP contribution in [0.3, 0.4) is 0 Å². The van der Waals surface area contributed by atoms with Gasteiger partial charge in [-0.3, -0.25) is 4.79 Å². The number of carbonyl (C=O) groups is 2. The summed E-state index contributed by atoms with van der Waals surface area (Å²) in [5.41, 5.74) is 2.62. The second-order valence-electron chi connectivity index (χ2n) is 5.92. The number of carbonyl (C=O) groups excluding carboxylic acids is 2. The molecule has 28 heavy (non-hydrogen) atoms. The SMILES string of the molecule is COC(=O)c1cccc(NC(=O)c2c(C)nc(-c3cccs3)nc2SC)c1C. The summed E-state index contributed by atoms with van der Waals surface area (Å²) in [6.07, 6.45) is 1.87. The molecular formula is C20H19N3O3S2. The van der Waals surface area contributed by atoms with Crippen molar-refractivity contribution in [2.75, 3.05) is 18.7 Å². The molecule has 0 bridgehead atoms. The first-order chi connectivity index (χ1) is 13.5. The van der Waals surface area contributed by atoms with Crippen molar-refractivity contribution in [3.8, 4) is 10.7 Å². The van der Waals surface area contributed by atoms with Gasteiger partial charge in [0.1, 0.15) is 5.03 Å². The van der Waals surface area contributed by atoms with Crippen LogP contribution < -0.4 is 5.32 Å². The number of ether oxygens (including phenoxy) is 1. The van der Waals surface area contributed by atoms with Gasteiger partial charge in [0.25, 0.3) is 5.91 Å². The summed E-state index contributed by atoms with van der Waals surface area (Å²) in [5, 5.41) is 5.45. The summed E-state index contributed by atoms with van der Waals surface area (Å²) < 4.78 is 4.79. The van der Waals surface area contributed by atoms with Gasteiger partial charge in [-0.05, 0) is 49.2 Å². The third kappa shape index (κ3) is 3.93. The number of anilines is 1. The van der Waals surface area contributed by atoms with Crippen LogP contribution >= 0.6 is 23.1 Å². The fourth-order valence-electron chi connectivity index (χ4n) is 2.76. The summed E-state index contributed by atoms with van der Waals surface area (Å²) in [6, 6.07) is 9.00. The number of hydrogen-bond donors (Lipinski definition) is 1. The zero-order chi connectivity index (χ0) is 20.3. The van der Waals surface area contributed by atoms with Crippen LogP contribution in [-0.2, 0) is 4.74 Å². The molecule has 0 aliphatic rings. The van der Waals surface area contributed by atoms with E-state index in [2.05, 4.69) is 15.3 Å². The lowest BCUT2D eigenvalue weighted by Crippen LogP contribution is -2.18. The second kappa shape index (κ2) is 8.53. The van der Waals surface area contributed by atoms with Crippen molar-refractivity contribution in [3.63, 3.8) is 0 Å². The number of hydrogen-bond acceptors (Lipinski definition) is 7. The molecule has 1 aromatic carbocycles. The Morgan fingerprint density at radius 2 is 1.93 bits per heavy atom. The van der Waals surface area contributed by atoms with Crippen LogP contribution in [0.1, 0.15) is 32.0 Å². The molecule has 0 spiro atoms. The normalized spacial score (nSPS) is 10.6. The number of aryl methyl sites for hydroxylation is 1. The van der Waals surface area contributed by atoms with Gasteiger partial charge in [-0.25, -0.2) is 14.8 Å². The second-order valence-corrected chi connectivity index (χ2v) is 7.66. The molecule has 0 fully saturated rings. The first-order valence-electron chi connectivity index (χ1n) is 8.42. The molecule has 0 saturated heterocycles. The van der Waals surface area contributed by atoms with E-state index in [4.69, 9.17) is 4.74 Å². The molecular weight excluding hydrogens is 394 g/mol. The Morgan fingerprint density at radius 3 is 2.57 bits per heavy atom. The van der Waals surface area contributed by atoms with Crippen molar-refractivity contribution in [3.05, 3.63) is 58.1 Å². The number of thioether (sulfide) groups is 1. The molecule has 6 nitrogen and oxygen atoms in total. The molecule has 1 amide bonds. The van der Waals surface area contributed by atoms with E-state index in [0.717, 1.165) is 4.88 Å². The topological polar surface area (TPSA) is 81.2 Å². The van der Waals surface area contributed by atoms with Crippen LogP contribution in [0.2, 0.25) is 0 Å². The first-order valence-corrected chi connectivity index (χ1v) is 10.5. The number of aromatic nitrogens is 2. The maximum Gasteiger partial charge on any atom is 0.338 e. The van der Waals surface area contributed by atoms with Crippen LogP contribution in [0.4, 0.5) is 5.69 Å². The molecule has 2 heterocycles. The molecule has 3 rings (SSSR count). The average molecular weight is 414 g/mol. The molecule has 3 aromatic rings. The average Bonchev–Trinajstić information content (AvgIpc) is 3.23. The van der Waals surface area contributed by atoms with Gasteiger partial charge in [-0.2, -0.15) is 0 Å². The molecule has 0 saturated carbocycles. The molecule has 0 aliphatic carbocycles. The molecule has 0 unspecified atom stereocenters. The minimum atomic E-state index is -0.446. The van der Waals surface area contributed by atoms with E-state index in [1.54, 1.807) is 43.4 Å². The number of nitrogens with one attached hydrogen (secondary N) is 1. The maximum absolute atomic E-state index is 13.0. The van der Waals surface area contributed by atoms with E-state index in [0.29, 0.717) is 38.9 Å². The number of amides is 1. The van der Waals surface area contributed by atoms with E-state index in [1.165, 1.54) is 18.9 Å². The van der Waals surface area contributed by atoms with Gasteiger partial charge >= 0.3 is 5.97 Å². The van der Waals surface area contributed by atoms with Gasteiger partial charge in [0, 0.05) is 5.69 Å². The van der Waals surface area contributed by atoms with Gasteiger partial charge in [0.15, 0.2) is 5.82 Å². The van der Waals surface area contributed by atoms with E-state index in [9.17, 15) is 9.59 Å². The summed E-state index contributed by atoms with van der Waals surface area (Å²) in [5.74, 6) is -0.153. The molecule has 0 atom stereocenters. The van der Waals surface area contributed by atoms with Crippen molar-refractivity contribution in [2.45, 2.75) is 18.9 Å². The van der Waals surface area contributed by atoms with Crippen molar-refractivity contribution in [1.82, 2.24) is 9.97 Å². The fourth-order valence-corrected chi connectivity index (χ4v) is 4.04. The molecule has 1 N–H and O–H groups in total. The Bertz CT molecular complexity index is 1030. The van der Waals surface area contributed by atoms with E-state index >= 15 is 0 Å². The third-order valence-electron chi connectivity index (χ3n) is 4.21. The standard InChI is InChI=1S/C20H19N3O3S2/c1-11-13(20(25)26-3)7-5-8-14(11)22-18(24)16-12(2)21-17(23-19(16)27-4)15-9-6-10-28-15/h5-10H,1-4H3,(H,22,24). The number of methoxy groups -OCH3 is 1. The number of esters is 1. The number of benzene rings is 1. The third-order valence-corrected chi connectivity index (χ3v) is 5.75. The predicted octanol–water partition coefficient (Wildman–Crippen LogP) is 4.58.